The fourth-order valence-corrected chi connectivity index (χ4v) is 1.51. The highest BCUT2D eigenvalue weighted by Crippen LogP contribution is 2.12. The molecule has 4 nitrogen and oxygen atoms in total. The van der Waals surface area contributed by atoms with Gasteiger partial charge in [0.25, 0.3) is 5.91 Å². The number of nitrogens with one attached hydrogen (secondary N) is 1. The summed E-state index contributed by atoms with van der Waals surface area (Å²) in [6.45, 7) is 6.30. The number of Topliss-reactive ketones (excluding diaryl/α,β-unsaturated/α-hetero) is 1. The summed E-state index contributed by atoms with van der Waals surface area (Å²) in [6, 6.07) is 7.22. The molecule has 104 valence electrons. The highest BCUT2D eigenvalue weighted by atomic mass is 16.5. The lowest BCUT2D eigenvalue weighted by Crippen LogP contribution is -2.31. The molecule has 0 saturated carbocycles. The van der Waals surface area contributed by atoms with E-state index >= 15 is 0 Å². The van der Waals surface area contributed by atoms with Crippen molar-refractivity contribution in [2.24, 2.45) is 5.92 Å². The van der Waals surface area contributed by atoms with Crippen molar-refractivity contribution in [3.8, 4) is 5.75 Å². The molecule has 0 fully saturated rings. The van der Waals surface area contributed by atoms with Gasteiger partial charge in [0.1, 0.15) is 11.5 Å². The van der Waals surface area contributed by atoms with Gasteiger partial charge in [0.05, 0.1) is 0 Å². The maximum Gasteiger partial charge on any atom is 0.257 e. The van der Waals surface area contributed by atoms with E-state index in [1.165, 1.54) is 0 Å². The summed E-state index contributed by atoms with van der Waals surface area (Å²) >= 11 is 0. The van der Waals surface area contributed by atoms with Crippen molar-refractivity contribution in [1.82, 2.24) is 5.32 Å². The highest BCUT2D eigenvalue weighted by molar-refractivity contribution is 5.78. The van der Waals surface area contributed by atoms with Crippen LogP contribution < -0.4 is 10.1 Å². The molecule has 1 amide bonds. The molecule has 1 aromatic rings. The Balaban J connectivity index is 2.37. The first-order valence-electron chi connectivity index (χ1n) is 6.45. The van der Waals surface area contributed by atoms with Crippen molar-refractivity contribution >= 4 is 11.7 Å². The summed E-state index contributed by atoms with van der Waals surface area (Å²) in [5, 5.41) is 2.78. The summed E-state index contributed by atoms with van der Waals surface area (Å²) in [7, 11) is 0. The maximum absolute atomic E-state index is 11.5. The average Bonchev–Trinajstić information content (AvgIpc) is 2.35. The van der Waals surface area contributed by atoms with E-state index in [1.807, 2.05) is 26.0 Å². The number of hydrogen-bond acceptors (Lipinski definition) is 3. The molecule has 0 aliphatic heterocycles. The van der Waals surface area contributed by atoms with E-state index in [0.717, 1.165) is 5.56 Å². The predicted octanol–water partition coefficient (Wildman–Crippen LogP) is 1.97. The van der Waals surface area contributed by atoms with E-state index in [-0.39, 0.29) is 18.3 Å². The molecule has 0 aliphatic carbocycles. The van der Waals surface area contributed by atoms with Crippen LogP contribution in [0.15, 0.2) is 24.3 Å². The molecule has 1 rings (SSSR count). The summed E-state index contributed by atoms with van der Waals surface area (Å²) in [6.07, 6.45) is 0.426. The van der Waals surface area contributed by atoms with E-state index in [4.69, 9.17) is 4.74 Å². The second-order valence-electron chi connectivity index (χ2n) is 5.01. The largest absolute Gasteiger partial charge is 0.484 e. The van der Waals surface area contributed by atoms with Gasteiger partial charge in [0.2, 0.25) is 0 Å². The molecule has 0 atom stereocenters. The molecular formula is C15H21NO3. The minimum atomic E-state index is -0.124. The van der Waals surface area contributed by atoms with Crippen molar-refractivity contribution < 1.29 is 14.3 Å². The Morgan fingerprint density at radius 1 is 1.21 bits per heavy atom. The lowest BCUT2D eigenvalue weighted by Gasteiger charge is -2.09. The van der Waals surface area contributed by atoms with Crippen molar-refractivity contribution in [3.05, 3.63) is 29.8 Å². The van der Waals surface area contributed by atoms with E-state index in [1.54, 1.807) is 19.1 Å². The molecule has 0 heterocycles. The number of rotatable bonds is 7. The lowest BCUT2D eigenvalue weighted by molar-refractivity contribution is -0.123. The highest BCUT2D eigenvalue weighted by Gasteiger charge is 2.04. The molecular weight excluding hydrogens is 242 g/mol. The van der Waals surface area contributed by atoms with Gasteiger partial charge < -0.3 is 10.1 Å². The molecule has 0 saturated heterocycles. The van der Waals surface area contributed by atoms with Crippen LogP contribution in [0.3, 0.4) is 0 Å². The van der Waals surface area contributed by atoms with Crippen LogP contribution in [0.1, 0.15) is 26.3 Å². The van der Waals surface area contributed by atoms with E-state index in [2.05, 4.69) is 5.32 Å². The number of amides is 1. The second-order valence-corrected chi connectivity index (χ2v) is 5.01. The average molecular weight is 263 g/mol. The third-order valence-corrected chi connectivity index (χ3v) is 2.45. The zero-order valence-electron chi connectivity index (χ0n) is 11.7. The summed E-state index contributed by atoms with van der Waals surface area (Å²) in [5.74, 6) is 1.06. The number of ketones is 1. The Kier molecular flexibility index (Phi) is 6.06. The van der Waals surface area contributed by atoms with Gasteiger partial charge in [-0.2, -0.15) is 0 Å². The maximum atomic E-state index is 11.5. The van der Waals surface area contributed by atoms with Crippen LogP contribution in [-0.4, -0.2) is 24.8 Å². The quantitative estimate of drug-likeness (QED) is 0.818. The van der Waals surface area contributed by atoms with Gasteiger partial charge >= 0.3 is 0 Å². The van der Waals surface area contributed by atoms with Crippen LogP contribution in [0.5, 0.6) is 5.75 Å². The molecule has 0 aromatic heterocycles. The molecule has 0 aliphatic rings. The first-order chi connectivity index (χ1) is 8.97. The minimum Gasteiger partial charge on any atom is -0.484 e. The first-order valence-corrected chi connectivity index (χ1v) is 6.45. The molecule has 1 N–H and O–H groups in total. The van der Waals surface area contributed by atoms with E-state index < -0.39 is 0 Å². The summed E-state index contributed by atoms with van der Waals surface area (Å²) in [4.78, 5) is 22.4. The van der Waals surface area contributed by atoms with Crippen LogP contribution in [0.2, 0.25) is 0 Å². The summed E-state index contributed by atoms with van der Waals surface area (Å²) in [5.41, 5.74) is 0.948. The molecule has 1 aromatic carbocycles. The Bertz CT molecular complexity index is 424. The topological polar surface area (TPSA) is 55.4 Å². The zero-order chi connectivity index (χ0) is 14.3. The molecule has 19 heavy (non-hydrogen) atoms. The van der Waals surface area contributed by atoms with Crippen LogP contribution in [-0.2, 0) is 16.0 Å². The van der Waals surface area contributed by atoms with Gasteiger partial charge in [-0.05, 0) is 30.5 Å². The van der Waals surface area contributed by atoms with Crippen LogP contribution in [0, 0.1) is 5.92 Å². The number of ether oxygens (including phenoxy) is 1. The predicted molar refractivity (Wildman–Crippen MR) is 74.2 cm³/mol. The van der Waals surface area contributed by atoms with Crippen LogP contribution >= 0.6 is 0 Å². The van der Waals surface area contributed by atoms with Crippen LogP contribution in [0.25, 0.3) is 0 Å². The molecule has 4 heteroatoms. The van der Waals surface area contributed by atoms with Crippen molar-refractivity contribution in [2.75, 3.05) is 13.2 Å². The number of carbonyl (C=O) groups is 2. The molecule has 0 spiro atoms. The van der Waals surface area contributed by atoms with Gasteiger partial charge in [-0.1, -0.05) is 26.0 Å². The third kappa shape index (κ3) is 6.60. The summed E-state index contributed by atoms with van der Waals surface area (Å²) < 4.78 is 5.36. The second kappa shape index (κ2) is 7.56. The van der Waals surface area contributed by atoms with E-state index in [0.29, 0.717) is 24.6 Å². The Labute approximate surface area is 114 Å². The Morgan fingerprint density at radius 3 is 2.37 bits per heavy atom. The Morgan fingerprint density at radius 2 is 1.84 bits per heavy atom. The smallest absolute Gasteiger partial charge is 0.257 e. The van der Waals surface area contributed by atoms with Gasteiger partial charge in [-0.3, -0.25) is 9.59 Å². The number of carbonyl (C=O) groups excluding carboxylic acids is 2. The third-order valence-electron chi connectivity index (χ3n) is 2.45. The standard InChI is InChI=1S/C15H21NO3/c1-11(2)9-16-15(18)10-19-14-6-4-13(5-7-14)8-12(3)17/h4-7,11H,8-10H2,1-3H3,(H,16,18). The van der Waals surface area contributed by atoms with Gasteiger partial charge in [0, 0.05) is 13.0 Å². The van der Waals surface area contributed by atoms with Crippen molar-refractivity contribution in [2.45, 2.75) is 27.2 Å². The minimum absolute atomic E-state index is 0.0127. The number of benzene rings is 1. The van der Waals surface area contributed by atoms with E-state index in [9.17, 15) is 9.59 Å². The lowest BCUT2D eigenvalue weighted by atomic mass is 10.1. The first kappa shape index (κ1) is 15.2. The Hall–Kier alpha value is -1.84. The normalized spacial score (nSPS) is 10.3. The fraction of sp³-hybridized carbons (Fsp3) is 0.467. The van der Waals surface area contributed by atoms with Crippen LogP contribution in [0.4, 0.5) is 0 Å². The molecule has 0 bridgehead atoms. The van der Waals surface area contributed by atoms with Gasteiger partial charge in [0.15, 0.2) is 6.61 Å². The SMILES string of the molecule is CC(=O)Cc1ccc(OCC(=O)NCC(C)C)cc1. The van der Waals surface area contributed by atoms with Gasteiger partial charge in [-0.15, -0.1) is 0 Å². The molecule has 0 unspecified atom stereocenters. The number of hydrogen-bond donors (Lipinski definition) is 1. The van der Waals surface area contributed by atoms with Gasteiger partial charge in [-0.25, -0.2) is 0 Å². The zero-order valence-corrected chi connectivity index (χ0v) is 11.7. The van der Waals surface area contributed by atoms with Crippen molar-refractivity contribution in [3.63, 3.8) is 0 Å². The van der Waals surface area contributed by atoms with Crippen molar-refractivity contribution in [1.29, 1.82) is 0 Å². The molecule has 0 radical (unpaired) electrons. The monoisotopic (exact) mass is 263 g/mol. The fourth-order valence-electron chi connectivity index (χ4n) is 1.51.